The van der Waals surface area contributed by atoms with Gasteiger partial charge in [-0.25, -0.2) is 4.79 Å². The van der Waals surface area contributed by atoms with Crippen LogP contribution in [0.3, 0.4) is 0 Å². The molecule has 9 heteroatoms. The number of hydrogen-bond acceptors (Lipinski definition) is 7. The Labute approximate surface area is 317 Å². The molecular weight excluding hydrogens is 679 g/mol. The number of ether oxygens (including phenoxy) is 4. The van der Waals surface area contributed by atoms with E-state index >= 15 is 0 Å². The van der Waals surface area contributed by atoms with Crippen LogP contribution < -0.4 is 20.1 Å². The summed E-state index contributed by atoms with van der Waals surface area (Å²) in [5.41, 5.74) is 9.59. The second-order valence-corrected chi connectivity index (χ2v) is 14.1. The minimum atomic E-state index is -0.561. The van der Waals surface area contributed by atoms with E-state index in [1.807, 2.05) is 54.6 Å². The molecule has 1 fully saturated rings. The number of rotatable bonds is 12. The van der Waals surface area contributed by atoms with E-state index in [-0.39, 0.29) is 30.8 Å². The molecule has 0 aliphatic carbocycles. The number of fused-ring (bicyclic) bond motifs is 1. The van der Waals surface area contributed by atoms with Crippen molar-refractivity contribution in [3.05, 3.63) is 154 Å². The molecule has 280 valence electrons. The van der Waals surface area contributed by atoms with Crippen molar-refractivity contribution in [2.75, 3.05) is 27.3 Å². The molecule has 4 atom stereocenters. The molecule has 2 amide bonds. The number of methoxy groups -OCH3 is 2. The summed E-state index contributed by atoms with van der Waals surface area (Å²) in [6.45, 7) is 5.56. The predicted molar refractivity (Wildman–Crippen MR) is 209 cm³/mol. The smallest absolute Gasteiger partial charge is 0.315 e. The zero-order chi connectivity index (χ0) is 37.4. The lowest BCUT2D eigenvalue weighted by Gasteiger charge is -2.43. The van der Waals surface area contributed by atoms with Gasteiger partial charge in [-0.05, 0) is 69.1 Å². The third-order valence-electron chi connectivity index (χ3n) is 10.6. The maximum Gasteiger partial charge on any atom is 0.315 e. The molecule has 2 aliphatic rings. The first-order valence-corrected chi connectivity index (χ1v) is 18.6. The zero-order valence-electron chi connectivity index (χ0n) is 31.2. The predicted octanol–water partition coefficient (Wildman–Crippen LogP) is 7.71. The highest BCUT2D eigenvalue weighted by atomic mass is 16.7. The van der Waals surface area contributed by atoms with Crippen molar-refractivity contribution in [1.29, 1.82) is 0 Å². The SMILES string of the molecule is COc1cc2c(cc1OC)CN(C[C@@H]1O[C@H](c3ccc(-c4cccc(CNC(=O)NCc5ccccc5)c4)cc3)O[C@H](c3ccc(CO)cc3)[C@@H]1C)CC2. The van der Waals surface area contributed by atoms with Crippen LogP contribution in [0.1, 0.15) is 58.3 Å². The quantitative estimate of drug-likeness (QED) is 0.121. The van der Waals surface area contributed by atoms with E-state index in [0.29, 0.717) is 13.1 Å². The first-order chi connectivity index (χ1) is 26.4. The van der Waals surface area contributed by atoms with Gasteiger partial charge in [-0.15, -0.1) is 0 Å². The van der Waals surface area contributed by atoms with Gasteiger partial charge in [0.15, 0.2) is 17.8 Å². The molecular formula is C45H49N3O6. The molecule has 7 rings (SSSR count). The molecule has 0 radical (unpaired) electrons. The molecule has 3 N–H and O–H groups in total. The van der Waals surface area contributed by atoms with Gasteiger partial charge in [0.25, 0.3) is 0 Å². The standard InChI is InChI=1S/C45H49N3O6/c1-30-42(28-48-21-20-38-23-40(51-2)41(52-3)24-39(38)27-48)53-44(54-43(30)35-14-12-32(29-49)13-15-35)36-18-16-34(17-19-36)37-11-7-10-33(22-37)26-47-45(50)46-25-31-8-5-4-6-9-31/h4-19,22-24,30,42-44,49H,20-21,25-29H2,1-3H3,(H2,46,47,50)/t30-,42+,43+,44+/m1/s1. The van der Waals surface area contributed by atoms with Crippen molar-refractivity contribution in [2.24, 2.45) is 5.92 Å². The molecule has 54 heavy (non-hydrogen) atoms. The Balaban J connectivity index is 1.05. The maximum atomic E-state index is 12.5. The minimum Gasteiger partial charge on any atom is -0.493 e. The van der Waals surface area contributed by atoms with Crippen molar-refractivity contribution in [3.8, 4) is 22.6 Å². The van der Waals surface area contributed by atoms with Gasteiger partial charge < -0.3 is 34.7 Å². The van der Waals surface area contributed by atoms with Crippen LogP contribution in [-0.4, -0.2) is 49.5 Å². The molecule has 2 heterocycles. The van der Waals surface area contributed by atoms with Crippen LogP contribution in [0.4, 0.5) is 4.79 Å². The lowest BCUT2D eigenvalue weighted by molar-refractivity contribution is -0.276. The summed E-state index contributed by atoms with van der Waals surface area (Å²) < 4.78 is 24.8. The highest BCUT2D eigenvalue weighted by Gasteiger charge is 2.39. The molecule has 5 aromatic rings. The van der Waals surface area contributed by atoms with Crippen LogP contribution in [0.25, 0.3) is 11.1 Å². The first kappa shape index (κ1) is 37.1. The number of amides is 2. The van der Waals surface area contributed by atoms with Crippen molar-refractivity contribution >= 4 is 6.03 Å². The third-order valence-corrected chi connectivity index (χ3v) is 10.6. The van der Waals surface area contributed by atoms with Gasteiger partial charge in [-0.1, -0.05) is 104 Å². The van der Waals surface area contributed by atoms with Crippen LogP contribution in [0.2, 0.25) is 0 Å². The van der Waals surface area contributed by atoms with Gasteiger partial charge in [0.2, 0.25) is 0 Å². The fourth-order valence-electron chi connectivity index (χ4n) is 7.40. The van der Waals surface area contributed by atoms with Crippen LogP contribution >= 0.6 is 0 Å². The summed E-state index contributed by atoms with van der Waals surface area (Å²) in [5.74, 6) is 1.58. The Hall–Kier alpha value is -5.19. The Kier molecular flexibility index (Phi) is 11.9. The number of carbonyl (C=O) groups excluding carboxylic acids is 1. The van der Waals surface area contributed by atoms with Gasteiger partial charge in [-0.2, -0.15) is 0 Å². The lowest BCUT2D eigenvalue weighted by atomic mass is 9.89. The zero-order valence-corrected chi connectivity index (χ0v) is 31.2. The van der Waals surface area contributed by atoms with Gasteiger partial charge >= 0.3 is 6.03 Å². The summed E-state index contributed by atoms with van der Waals surface area (Å²) >= 11 is 0. The fraction of sp³-hybridized carbons (Fsp3) is 0.311. The van der Waals surface area contributed by atoms with Gasteiger partial charge in [0.1, 0.15) is 0 Å². The van der Waals surface area contributed by atoms with Crippen LogP contribution in [0, 0.1) is 5.92 Å². The van der Waals surface area contributed by atoms with E-state index in [9.17, 15) is 9.90 Å². The van der Waals surface area contributed by atoms with Crippen molar-refractivity contribution in [3.63, 3.8) is 0 Å². The summed E-state index contributed by atoms with van der Waals surface area (Å²) in [6, 6.07) is 38.5. The molecule has 1 saturated heterocycles. The molecule has 0 unspecified atom stereocenters. The van der Waals surface area contributed by atoms with Crippen LogP contribution in [0.15, 0.2) is 115 Å². The molecule has 5 aromatic carbocycles. The van der Waals surface area contributed by atoms with Gasteiger partial charge in [0.05, 0.1) is 33.0 Å². The van der Waals surface area contributed by atoms with Crippen LogP contribution in [0.5, 0.6) is 11.5 Å². The third kappa shape index (κ3) is 8.77. The maximum absolute atomic E-state index is 12.5. The highest BCUT2D eigenvalue weighted by molar-refractivity contribution is 5.74. The van der Waals surface area contributed by atoms with E-state index in [1.54, 1.807) is 14.2 Å². The Morgan fingerprint density at radius 2 is 1.41 bits per heavy atom. The van der Waals surface area contributed by atoms with E-state index in [1.165, 1.54) is 11.1 Å². The Morgan fingerprint density at radius 3 is 2.11 bits per heavy atom. The molecule has 0 spiro atoms. The normalized spacial score (nSPS) is 19.8. The molecule has 9 nitrogen and oxygen atoms in total. The van der Waals surface area contributed by atoms with Crippen molar-refractivity contribution in [1.82, 2.24) is 15.5 Å². The Bertz CT molecular complexity index is 2000. The number of carbonyl (C=O) groups is 1. The lowest BCUT2D eigenvalue weighted by Crippen LogP contribution is -2.45. The van der Waals surface area contributed by atoms with E-state index in [0.717, 1.165) is 76.5 Å². The average molecular weight is 728 g/mol. The number of aliphatic hydroxyl groups is 1. The second-order valence-electron chi connectivity index (χ2n) is 14.1. The fourth-order valence-corrected chi connectivity index (χ4v) is 7.40. The first-order valence-electron chi connectivity index (χ1n) is 18.6. The summed E-state index contributed by atoms with van der Waals surface area (Å²) in [6.07, 6.45) is 0.0654. The summed E-state index contributed by atoms with van der Waals surface area (Å²) in [7, 11) is 3.35. The number of aliphatic hydroxyl groups excluding tert-OH is 1. The molecule has 0 aromatic heterocycles. The topological polar surface area (TPSA) is 102 Å². The molecule has 0 bridgehead atoms. The summed E-state index contributed by atoms with van der Waals surface area (Å²) in [4.78, 5) is 14.9. The van der Waals surface area contributed by atoms with Gasteiger partial charge in [0, 0.05) is 44.2 Å². The van der Waals surface area contributed by atoms with E-state index in [4.69, 9.17) is 18.9 Å². The molecule has 2 aliphatic heterocycles. The van der Waals surface area contributed by atoms with Crippen LogP contribution in [-0.2, 0) is 42.1 Å². The Morgan fingerprint density at radius 1 is 0.741 bits per heavy atom. The van der Waals surface area contributed by atoms with E-state index < -0.39 is 6.29 Å². The van der Waals surface area contributed by atoms with Gasteiger partial charge in [-0.3, -0.25) is 4.90 Å². The number of urea groups is 1. The monoisotopic (exact) mass is 727 g/mol. The highest BCUT2D eigenvalue weighted by Crippen LogP contribution is 2.43. The van der Waals surface area contributed by atoms with E-state index in [2.05, 4.69) is 83.1 Å². The minimum absolute atomic E-state index is 0.00132. The van der Waals surface area contributed by atoms with Crippen molar-refractivity contribution in [2.45, 2.75) is 58.1 Å². The average Bonchev–Trinajstić information content (AvgIpc) is 3.23. The number of nitrogens with one attached hydrogen (secondary N) is 2. The van der Waals surface area contributed by atoms with Crippen molar-refractivity contribution < 1.29 is 28.8 Å². The summed E-state index contributed by atoms with van der Waals surface area (Å²) in [5, 5.41) is 15.6. The molecule has 0 saturated carbocycles. The largest absolute Gasteiger partial charge is 0.493 e. The number of benzene rings is 5. The number of nitrogens with zero attached hydrogens (tertiary/aromatic N) is 1. The number of hydrogen-bond donors (Lipinski definition) is 3. The second kappa shape index (κ2) is 17.3.